The molecule has 0 atom stereocenters. The van der Waals surface area contributed by atoms with Crippen molar-refractivity contribution in [3.63, 3.8) is 0 Å². The van der Waals surface area contributed by atoms with Crippen LogP contribution in [0.5, 0.6) is 0 Å². The van der Waals surface area contributed by atoms with E-state index in [1.165, 1.54) is 10.9 Å². The summed E-state index contributed by atoms with van der Waals surface area (Å²) in [7, 11) is 0. The Morgan fingerprint density at radius 3 is 2.78 bits per heavy atom. The molecule has 3 N–H and O–H groups in total. The number of nitrogens with one attached hydrogen (secondary N) is 1. The Morgan fingerprint density at radius 2 is 2.06 bits per heavy atom. The van der Waals surface area contributed by atoms with Gasteiger partial charge in [0.25, 0.3) is 0 Å². The zero-order chi connectivity index (χ0) is 12.5. The van der Waals surface area contributed by atoms with Crippen LogP contribution in [-0.2, 0) is 6.54 Å². The van der Waals surface area contributed by atoms with Crippen molar-refractivity contribution in [3.8, 4) is 11.4 Å². The van der Waals surface area contributed by atoms with Gasteiger partial charge in [0.15, 0.2) is 0 Å². The number of nitrogens with two attached hydrogens (primary N) is 1. The standard InChI is InChI=1S/C15H15N3/c1-10-2-4-13-12(6-10)7-15(18-13)14-5-3-11(8-16)9-17-14/h2-7,9,18H,8,16H2,1H3. The molecule has 3 aromatic rings. The van der Waals surface area contributed by atoms with Crippen molar-refractivity contribution in [2.45, 2.75) is 13.5 Å². The molecule has 0 radical (unpaired) electrons. The van der Waals surface area contributed by atoms with Crippen LogP contribution in [0, 0.1) is 6.92 Å². The summed E-state index contributed by atoms with van der Waals surface area (Å²) in [4.78, 5) is 7.81. The van der Waals surface area contributed by atoms with Crippen LogP contribution >= 0.6 is 0 Å². The summed E-state index contributed by atoms with van der Waals surface area (Å²) in [6.07, 6.45) is 1.83. The summed E-state index contributed by atoms with van der Waals surface area (Å²) in [6.45, 7) is 2.62. The van der Waals surface area contributed by atoms with E-state index in [-0.39, 0.29) is 0 Å². The second kappa shape index (κ2) is 4.27. The number of hydrogen-bond acceptors (Lipinski definition) is 2. The first-order valence-electron chi connectivity index (χ1n) is 6.01. The number of nitrogens with zero attached hydrogens (tertiary/aromatic N) is 1. The summed E-state index contributed by atoms with van der Waals surface area (Å²) in [6, 6.07) is 12.5. The molecule has 0 amide bonds. The number of H-pyrrole nitrogens is 1. The number of hydrogen-bond donors (Lipinski definition) is 2. The Kier molecular flexibility index (Phi) is 2.61. The first kappa shape index (κ1) is 11.0. The second-order valence-corrected chi connectivity index (χ2v) is 4.53. The molecule has 2 aromatic heterocycles. The maximum Gasteiger partial charge on any atom is 0.0864 e. The molecule has 2 heterocycles. The van der Waals surface area contributed by atoms with E-state index < -0.39 is 0 Å². The molecule has 90 valence electrons. The highest BCUT2D eigenvalue weighted by atomic mass is 14.8. The molecular formula is C15H15N3. The van der Waals surface area contributed by atoms with E-state index in [4.69, 9.17) is 5.73 Å². The Labute approximate surface area is 106 Å². The van der Waals surface area contributed by atoms with E-state index in [2.05, 4.69) is 41.2 Å². The van der Waals surface area contributed by atoms with Crippen molar-refractivity contribution in [2.24, 2.45) is 5.73 Å². The van der Waals surface area contributed by atoms with Gasteiger partial charge in [0, 0.05) is 23.6 Å². The van der Waals surface area contributed by atoms with E-state index in [1.54, 1.807) is 0 Å². The Balaban J connectivity index is 2.07. The highest BCUT2D eigenvalue weighted by Crippen LogP contribution is 2.23. The zero-order valence-corrected chi connectivity index (χ0v) is 10.3. The van der Waals surface area contributed by atoms with Gasteiger partial charge in [-0.1, -0.05) is 17.7 Å². The summed E-state index contributed by atoms with van der Waals surface area (Å²) in [5.74, 6) is 0. The van der Waals surface area contributed by atoms with E-state index >= 15 is 0 Å². The molecule has 3 nitrogen and oxygen atoms in total. The highest BCUT2D eigenvalue weighted by Gasteiger charge is 2.04. The predicted octanol–water partition coefficient (Wildman–Crippen LogP) is 3.00. The molecule has 1 aromatic carbocycles. The number of benzene rings is 1. The van der Waals surface area contributed by atoms with Gasteiger partial charge in [-0.3, -0.25) is 4.98 Å². The number of aromatic nitrogens is 2. The lowest BCUT2D eigenvalue weighted by molar-refractivity contribution is 1.05. The van der Waals surface area contributed by atoms with Gasteiger partial charge in [0.2, 0.25) is 0 Å². The lowest BCUT2D eigenvalue weighted by atomic mass is 10.1. The molecule has 0 fully saturated rings. The molecule has 3 rings (SSSR count). The normalized spacial score (nSPS) is 11.0. The fourth-order valence-electron chi connectivity index (χ4n) is 2.09. The van der Waals surface area contributed by atoms with E-state index in [0.29, 0.717) is 6.54 Å². The first-order valence-corrected chi connectivity index (χ1v) is 6.01. The Bertz CT molecular complexity index is 681. The van der Waals surface area contributed by atoms with Gasteiger partial charge < -0.3 is 10.7 Å². The first-order chi connectivity index (χ1) is 8.76. The highest BCUT2D eigenvalue weighted by molar-refractivity contribution is 5.85. The predicted molar refractivity (Wildman–Crippen MR) is 74.2 cm³/mol. The third-order valence-electron chi connectivity index (χ3n) is 3.11. The molecule has 0 spiro atoms. The smallest absolute Gasteiger partial charge is 0.0864 e. The second-order valence-electron chi connectivity index (χ2n) is 4.53. The largest absolute Gasteiger partial charge is 0.353 e. The third kappa shape index (κ3) is 1.89. The molecule has 0 aliphatic heterocycles. The monoisotopic (exact) mass is 237 g/mol. The minimum absolute atomic E-state index is 0.527. The van der Waals surface area contributed by atoms with E-state index in [9.17, 15) is 0 Å². The minimum Gasteiger partial charge on any atom is -0.353 e. The quantitative estimate of drug-likeness (QED) is 0.720. The lowest BCUT2D eigenvalue weighted by Gasteiger charge is -1.98. The molecule has 0 bridgehead atoms. The summed E-state index contributed by atoms with van der Waals surface area (Å²) < 4.78 is 0. The zero-order valence-electron chi connectivity index (χ0n) is 10.3. The average molecular weight is 237 g/mol. The van der Waals surface area contributed by atoms with Crippen molar-refractivity contribution in [1.29, 1.82) is 0 Å². The van der Waals surface area contributed by atoms with Crippen LogP contribution in [0.2, 0.25) is 0 Å². The number of aromatic amines is 1. The van der Waals surface area contributed by atoms with Gasteiger partial charge in [0.1, 0.15) is 0 Å². The van der Waals surface area contributed by atoms with Gasteiger partial charge in [-0.2, -0.15) is 0 Å². The maximum atomic E-state index is 5.57. The lowest BCUT2D eigenvalue weighted by Crippen LogP contribution is -1.96. The Hall–Kier alpha value is -2.13. The fourth-order valence-corrected chi connectivity index (χ4v) is 2.09. The number of aryl methyl sites for hydroxylation is 1. The molecule has 0 unspecified atom stereocenters. The van der Waals surface area contributed by atoms with Crippen molar-refractivity contribution in [2.75, 3.05) is 0 Å². The fraction of sp³-hybridized carbons (Fsp3) is 0.133. The summed E-state index contributed by atoms with van der Waals surface area (Å²) in [5.41, 5.74) is 11.0. The van der Waals surface area contributed by atoms with E-state index in [1.807, 2.05) is 18.3 Å². The van der Waals surface area contributed by atoms with Crippen molar-refractivity contribution in [3.05, 3.63) is 53.7 Å². The van der Waals surface area contributed by atoms with Gasteiger partial charge in [-0.05, 0) is 36.8 Å². The molecule has 3 heteroatoms. The topological polar surface area (TPSA) is 54.7 Å². The van der Waals surface area contributed by atoms with Crippen LogP contribution < -0.4 is 5.73 Å². The molecule has 18 heavy (non-hydrogen) atoms. The molecule has 0 aliphatic rings. The minimum atomic E-state index is 0.527. The SMILES string of the molecule is Cc1ccc2[nH]c(-c3ccc(CN)cn3)cc2c1. The van der Waals surface area contributed by atoms with Crippen molar-refractivity contribution < 1.29 is 0 Å². The Morgan fingerprint density at radius 1 is 1.17 bits per heavy atom. The maximum absolute atomic E-state index is 5.57. The van der Waals surface area contributed by atoms with Gasteiger partial charge in [-0.15, -0.1) is 0 Å². The molecule has 0 aliphatic carbocycles. The van der Waals surface area contributed by atoms with Gasteiger partial charge >= 0.3 is 0 Å². The summed E-state index contributed by atoms with van der Waals surface area (Å²) >= 11 is 0. The number of rotatable bonds is 2. The van der Waals surface area contributed by atoms with Crippen LogP contribution in [0.15, 0.2) is 42.6 Å². The van der Waals surface area contributed by atoms with Crippen LogP contribution in [0.1, 0.15) is 11.1 Å². The van der Waals surface area contributed by atoms with Crippen LogP contribution in [-0.4, -0.2) is 9.97 Å². The van der Waals surface area contributed by atoms with Crippen molar-refractivity contribution in [1.82, 2.24) is 9.97 Å². The average Bonchev–Trinajstić information content (AvgIpc) is 2.81. The molecule has 0 saturated carbocycles. The van der Waals surface area contributed by atoms with Crippen LogP contribution in [0.3, 0.4) is 0 Å². The number of fused-ring (bicyclic) bond motifs is 1. The molecular weight excluding hydrogens is 222 g/mol. The summed E-state index contributed by atoms with van der Waals surface area (Å²) in [5, 5.41) is 1.22. The van der Waals surface area contributed by atoms with Gasteiger partial charge in [-0.25, -0.2) is 0 Å². The number of pyridine rings is 1. The van der Waals surface area contributed by atoms with Crippen LogP contribution in [0.4, 0.5) is 0 Å². The van der Waals surface area contributed by atoms with Gasteiger partial charge in [0.05, 0.1) is 11.4 Å². The van der Waals surface area contributed by atoms with E-state index in [0.717, 1.165) is 22.5 Å². The van der Waals surface area contributed by atoms with Crippen molar-refractivity contribution >= 4 is 10.9 Å². The van der Waals surface area contributed by atoms with Crippen LogP contribution in [0.25, 0.3) is 22.3 Å². The third-order valence-corrected chi connectivity index (χ3v) is 3.11. The molecule has 0 saturated heterocycles.